The normalized spacial score (nSPS) is 18.2. The first-order chi connectivity index (χ1) is 7.90. The van der Waals surface area contributed by atoms with Crippen LogP contribution in [0.2, 0.25) is 0 Å². The number of para-hydroxylation sites is 1. The fourth-order valence-corrected chi connectivity index (χ4v) is 2.51. The van der Waals surface area contributed by atoms with Gasteiger partial charge in [-0.15, -0.1) is 0 Å². The van der Waals surface area contributed by atoms with E-state index < -0.39 is 0 Å². The van der Waals surface area contributed by atoms with Crippen LogP contribution in [0.15, 0.2) is 24.3 Å². The molecule has 1 aliphatic heterocycles. The van der Waals surface area contributed by atoms with Gasteiger partial charge in [0, 0.05) is 13.0 Å². The van der Waals surface area contributed by atoms with Crippen molar-refractivity contribution in [3.63, 3.8) is 0 Å². The molecule has 0 saturated heterocycles. The van der Waals surface area contributed by atoms with Gasteiger partial charge in [0.15, 0.2) is 0 Å². The topological polar surface area (TPSA) is 21.3 Å². The van der Waals surface area contributed by atoms with Gasteiger partial charge in [-0.1, -0.05) is 40.8 Å². The lowest BCUT2D eigenvalue weighted by molar-refractivity contribution is 0.227. The Bertz CT molecular complexity index is 304. The van der Waals surface area contributed by atoms with Crippen LogP contribution in [0.4, 0.5) is 0 Å². The van der Waals surface area contributed by atoms with E-state index in [1.165, 1.54) is 22.8 Å². The fraction of sp³-hybridized carbons (Fsp3) is 0.538. The lowest BCUT2D eigenvalue weighted by atomic mass is 10.1. The molecule has 16 heavy (non-hydrogen) atoms. The Kier molecular flexibility index (Phi) is 4.91. The fourth-order valence-electron chi connectivity index (χ4n) is 1.98. The molecule has 0 radical (unpaired) electrons. The number of nitrogens with one attached hydrogen (secondary N) is 1. The second-order valence-corrected chi connectivity index (χ2v) is 5.23. The molecule has 2 rings (SSSR count). The molecule has 0 bridgehead atoms. The molecule has 1 aromatic carbocycles. The highest BCUT2D eigenvalue weighted by atomic mass is 127. The molecule has 3 heteroatoms. The molecule has 0 spiro atoms. The van der Waals surface area contributed by atoms with Gasteiger partial charge in [0.05, 0.1) is 0 Å². The molecule has 0 saturated carbocycles. The lowest BCUT2D eigenvalue weighted by Gasteiger charge is -2.11. The molecule has 0 amide bonds. The smallest absolute Gasteiger partial charge is 0.123 e. The molecule has 0 fully saturated rings. The van der Waals surface area contributed by atoms with Crippen LogP contribution in [0.5, 0.6) is 5.75 Å². The molecule has 0 aromatic heterocycles. The number of fused-ring (bicyclic) bond motifs is 1. The average molecular weight is 331 g/mol. The molecular weight excluding hydrogens is 313 g/mol. The summed E-state index contributed by atoms with van der Waals surface area (Å²) in [5, 5.41) is 3.47. The number of alkyl halides is 1. The largest absolute Gasteiger partial charge is 0.488 e. The third kappa shape index (κ3) is 3.35. The van der Waals surface area contributed by atoms with Crippen LogP contribution in [0, 0.1) is 0 Å². The van der Waals surface area contributed by atoms with Gasteiger partial charge in [0.1, 0.15) is 11.9 Å². The van der Waals surface area contributed by atoms with Gasteiger partial charge in [0.25, 0.3) is 0 Å². The predicted octanol–water partition coefficient (Wildman–Crippen LogP) is 2.79. The van der Waals surface area contributed by atoms with Gasteiger partial charge in [-0.2, -0.15) is 0 Å². The van der Waals surface area contributed by atoms with Crippen LogP contribution >= 0.6 is 22.6 Å². The molecule has 1 aromatic rings. The van der Waals surface area contributed by atoms with E-state index in [1.807, 2.05) is 6.07 Å². The van der Waals surface area contributed by atoms with Crippen LogP contribution in [-0.2, 0) is 6.42 Å². The maximum Gasteiger partial charge on any atom is 0.123 e. The van der Waals surface area contributed by atoms with Crippen molar-refractivity contribution < 1.29 is 4.74 Å². The van der Waals surface area contributed by atoms with Gasteiger partial charge < -0.3 is 10.1 Å². The van der Waals surface area contributed by atoms with Gasteiger partial charge in [0.2, 0.25) is 0 Å². The zero-order valence-corrected chi connectivity index (χ0v) is 11.6. The van der Waals surface area contributed by atoms with E-state index in [-0.39, 0.29) is 0 Å². The van der Waals surface area contributed by atoms with E-state index in [9.17, 15) is 0 Å². The van der Waals surface area contributed by atoms with Crippen molar-refractivity contribution in [2.45, 2.75) is 25.4 Å². The molecule has 1 aliphatic rings. The Hall–Kier alpha value is -0.290. The number of benzene rings is 1. The molecule has 1 heterocycles. The van der Waals surface area contributed by atoms with Gasteiger partial charge >= 0.3 is 0 Å². The Labute approximate surface area is 111 Å². The zero-order valence-electron chi connectivity index (χ0n) is 9.42. The molecule has 2 nitrogen and oxygen atoms in total. The van der Waals surface area contributed by atoms with Crippen LogP contribution in [0.3, 0.4) is 0 Å². The average Bonchev–Trinajstić information content (AvgIpc) is 2.71. The van der Waals surface area contributed by atoms with Crippen molar-refractivity contribution in [1.82, 2.24) is 5.32 Å². The summed E-state index contributed by atoms with van der Waals surface area (Å²) < 4.78 is 7.10. The van der Waals surface area contributed by atoms with Crippen molar-refractivity contribution >= 4 is 22.6 Å². The lowest BCUT2D eigenvalue weighted by Crippen LogP contribution is -2.30. The summed E-state index contributed by atoms with van der Waals surface area (Å²) >= 11 is 2.43. The number of hydrogen-bond acceptors (Lipinski definition) is 2. The maximum absolute atomic E-state index is 5.85. The summed E-state index contributed by atoms with van der Waals surface area (Å²) in [6.07, 6.45) is 3.95. The second-order valence-electron chi connectivity index (χ2n) is 4.15. The molecule has 0 aliphatic carbocycles. The highest BCUT2D eigenvalue weighted by Crippen LogP contribution is 2.27. The summed E-state index contributed by atoms with van der Waals surface area (Å²) in [6, 6.07) is 8.34. The van der Waals surface area contributed by atoms with E-state index in [1.54, 1.807) is 0 Å². The minimum atomic E-state index is 0.331. The molecule has 1 N–H and O–H groups in total. The van der Waals surface area contributed by atoms with Crippen LogP contribution in [0.25, 0.3) is 0 Å². The minimum absolute atomic E-state index is 0.331. The van der Waals surface area contributed by atoms with Gasteiger partial charge in [-0.05, 0) is 35.4 Å². The minimum Gasteiger partial charge on any atom is -0.488 e. The highest BCUT2D eigenvalue weighted by molar-refractivity contribution is 14.1. The Morgan fingerprint density at radius 3 is 3.00 bits per heavy atom. The standard InChI is InChI=1S/C13H18INO/c14-7-3-4-8-15-10-12-9-11-5-1-2-6-13(11)16-12/h1-2,5-6,12,15H,3-4,7-10H2. The van der Waals surface area contributed by atoms with E-state index in [2.05, 4.69) is 46.1 Å². The second kappa shape index (κ2) is 6.45. The monoisotopic (exact) mass is 331 g/mol. The van der Waals surface area contributed by atoms with E-state index in [4.69, 9.17) is 4.74 Å². The van der Waals surface area contributed by atoms with E-state index in [0.29, 0.717) is 6.10 Å². The van der Waals surface area contributed by atoms with Crippen molar-refractivity contribution in [2.75, 3.05) is 17.5 Å². The number of halogens is 1. The zero-order chi connectivity index (χ0) is 11.2. The maximum atomic E-state index is 5.85. The highest BCUT2D eigenvalue weighted by Gasteiger charge is 2.21. The number of ether oxygens (including phenoxy) is 1. The third-order valence-electron chi connectivity index (χ3n) is 2.82. The summed E-state index contributed by atoms with van der Waals surface area (Å²) in [5.74, 6) is 1.07. The quantitative estimate of drug-likeness (QED) is 0.492. The summed E-state index contributed by atoms with van der Waals surface area (Å²) in [6.45, 7) is 2.08. The van der Waals surface area contributed by atoms with E-state index in [0.717, 1.165) is 25.3 Å². The van der Waals surface area contributed by atoms with Crippen molar-refractivity contribution in [1.29, 1.82) is 0 Å². The molecule has 1 atom stereocenters. The Balaban J connectivity index is 1.67. The summed E-state index contributed by atoms with van der Waals surface area (Å²) in [5.41, 5.74) is 1.35. The Morgan fingerprint density at radius 2 is 2.19 bits per heavy atom. The first-order valence-electron chi connectivity index (χ1n) is 5.91. The molecular formula is C13H18INO. The first-order valence-corrected chi connectivity index (χ1v) is 7.44. The first kappa shape index (κ1) is 12.2. The Morgan fingerprint density at radius 1 is 1.31 bits per heavy atom. The SMILES string of the molecule is ICCCCNCC1Cc2ccccc2O1. The van der Waals surface area contributed by atoms with Crippen LogP contribution < -0.4 is 10.1 Å². The molecule has 1 unspecified atom stereocenters. The van der Waals surface area contributed by atoms with Crippen molar-refractivity contribution in [3.8, 4) is 5.75 Å². The van der Waals surface area contributed by atoms with Gasteiger partial charge in [-0.3, -0.25) is 0 Å². The van der Waals surface area contributed by atoms with Crippen molar-refractivity contribution in [2.24, 2.45) is 0 Å². The third-order valence-corrected chi connectivity index (χ3v) is 3.59. The predicted molar refractivity (Wildman–Crippen MR) is 75.6 cm³/mol. The number of hydrogen-bond donors (Lipinski definition) is 1. The van der Waals surface area contributed by atoms with Crippen LogP contribution in [0.1, 0.15) is 18.4 Å². The summed E-state index contributed by atoms with van der Waals surface area (Å²) in [4.78, 5) is 0. The van der Waals surface area contributed by atoms with Gasteiger partial charge in [-0.25, -0.2) is 0 Å². The number of rotatable bonds is 6. The molecule has 88 valence electrons. The number of unbranched alkanes of at least 4 members (excludes halogenated alkanes) is 1. The van der Waals surface area contributed by atoms with E-state index >= 15 is 0 Å². The van der Waals surface area contributed by atoms with Crippen LogP contribution in [-0.4, -0.2) is 23.6 Å². The van der Waals surface area contributed by atoms with Crippen molar-refractivity contribution in [3.05, 3.63) is 29.8 Å². The summed E-state index contributed by atoms with van der Waals surface area (Å²) in [7, 11) is 0.